The maximum atomic E-state index is 14.3. The molecule has 1 N–H and O–H groups in total. The van der Waals surface area contributed by atoms with Crippen molar-refractivity contribution >= 4 is 26.8 Å². The number of hydrogen-bond acceptors (Lipinski definition) is 4. The highest BCUT2D eigenvalue weighted by atomic mass is 79.9. The van der Waals surface area contributed by atoms with Gasteiger partial charge in [0.25, 0.3) is 0 Å². The molecule has 176 valence electrons. The third-order valence-corrected chi connectivity index (χ3v) is 6.50. The Labute approximate surface area is 196 Å². The quantitative estimate of drug-likeness (QED) is 0.472. The van der Waals surface area contributed by atoms with Crippen LogP contribution in [0.25, 0.3) is 10.9 Å². The largest absolute Gasteiger partial charge is 0.467 e. The van der Waals surface area contributed by atoms with E-state index < -0.39 is 36.3 Å². The van der Waals surface area contributed by atoms with Gasteiger partial charge in [0.05, 0.1) is 18.2 Å². The topological polar surface area (TPSA) is 60.7 Å². The van der Waals surface area contributed by atoms with E-state index in [1.807, 2.05) is 0 Å². The van der Waals surface area contributed by atoms with E-state index in [2.05, 4.69) is 15.9 Å². The van der Waals surface area contributed by atoms with Gasteiger partial charge in [-0.25, -0.2) is 0 Å². The zero-order chi connectivity index (χ0) is 24.0. The predicted molar refractivity (Wildman–Crippen MR) is 121 cm³/mol. The molecule has 0 saturated heterocycles. The second-order valence-corrected chi connectivity index (χ2v) is 9.93. The highest BCUT2D eigenvalue weighted by Gasteiger charge is 2.57. The van der Waals surface area contributed by atoms with Crippen molar-refractivity contribution in [1.29, 1.82) is 0 Å². The van der Waals surface area contributed by atoms with Crippen LogP contribution in [0.4, 0.5) is 13.2 Å². The third-order valence-electron chi connectivity index (χ3n) is 6.01. The fourth-order valence-electron chi connectivity index (χ4n) is 4.53. The van der Waals surface area contributed by atoms with Crippen LogP contribution in [-0.4, -0.2) is 28.2 Å². The van der Waals surface area contributed by atoms with Crippen LogP contribution in [0.15, 0.2) is 64.0 Å². The average Bonchev–Trinajstić information content (AvgIpc) is 2.74. The monoisotopic (exact) mass is 525 g/mol. The Bertz CT molecular complexity index is 1240. The first-order chi connectivity index (χ1) is 15.4. The lowest BCUT2D eigenvalue weighted by atomic mass is 9.73. The Morgan fingerprint density at radius 1 is 1.15 bits per heavy atom. The summed E-state index contributed by atoms with van der Waals surface area (Å²) in [6.07, 6.45) is -5.02. The molecular weight excluding hydrogens is 503 g/mol. The van der Waals surface area contributed by atoms with Crippen molar-refractivity contribution in [3.05, 3.63) is 75.0 Å². The molecule has 1 aliphatic rings. The third kappa shape index (κ3) is 4.54. The molecule has 0 bridgehead atoms. The van der Waals surface area contributed by atoms with Crippen molar-refractivity contribution in [2.45, 2.75) is 44.7 Å². The van der Waals surface area contributed by atoms with Crippen LogP contribution in [0.2, 0.25) is 0 Å². The number of ether oxygens (including phenoxy) is 2. The van der Waals surface area contributed by atoms with Gasteiger partial charge in [0.15, 0.2) is 17.8 Å². The van der Waals surface area contributed by atoms with Gasteiger partial charge in [-0.1, -0.05) is 41.9 Å². The van der Waals surface area contributed by atoms with Crippen molar-refractivity contribution in [1.82, 2.24) is 4.57 Å². The molecule has 0 aliphatic carbocycles. The molecule has 1 aromatic heterocycles. The van der Waals surface area contributed by atoms with E-state index in [1.54, 1.807) is 56.3 Å². The van der Waals surface area contributed by atoms with Gasteiger partial charge in [-0.3, -0.25) is 4.79 Å². The summed E-state index contributed by atoms with van der Waals surface area (Å²) in [6.45, 7) is 2.40. The highest BCUT2D eigenvalue weighted by Crippen LogP contribution is 2.50. The molecule has 0 amide bonds. The van der Waals surface area contributed by atoms with Crippen LogP contribution >= 0.6 is 15.9 Å². The number of hydrogen-bond donors (Lipinski definition) is 1. The smallest absolute Gasteiger partial charge is 0.418 e. The van der Waals surface area contributed by atoms with Gasteiger partial charge in [0, 0.05) is 27.7 Å². The van der Waals surface area contributed by atoms with E-state index in [9.17, 15) is 23.1 Å². The van der Waals surface area contributed by atoms with E-state index in [0.717, 1.165) is 4.47 Å². The lowest BCUT2D eigenvalue weighted by Crippen LogP contribution is -2.52. The van der Waals surface area contributed by atoms with Crippen LogP contribution in [-0.2, 0) is 11.3 Å². The lowest BCUT2D eigenvalue weighted by molar-refractivity contribution is -0.280. The molecule has 9 heteroatoms. The molecule has 3 aromatic rings. The second-order valence-electron chi connectivity index (χ2n) is 9.01. The fraction of sp³-hybridized carbons (Fsp3) is 0.375. The number of pyridine rings is 1. The number of aliphatic hydroxyl groups is 1. The number of rotatable bonds is 5. The van der Waals surface area contributed by atoms with Gasteiger partial charge in [0.1, 0.15) is 5.75 Å². The number of halogens is 4. The summed E-state index contributed by atoms with van der Waals surface area (Å²) in [5.74, 6) is 0.532. The molecule has 0 radical (unpaired) electrons. The van der Waals surface area contributed by atoms with E-state index >= 15 is 0 Å². The molecular formula is C24H23BrF3NO4. The minimum atomic E-state index is -4.93. The van der Waals surface area contributed by atoms with Crippen molar-refractivity contribution < 1.29 is 27.8 Å². The maximum absolute atomic E-state index is 14.3. The number of fused-ring (bicyclic) bond motifs is 2. The average molecular weight is 526 g/mol. The SMILES string of the molecule is CC(C)(CC(O)(Cn1ccc(=O)c2ccccc21)C(F)(F)F)C1OCOc2ccc(Br)cc21. The molecule has 5 nitrogen and oxygen atoms in total. The maximum Gasteiger partial charge on any atom is 0.418 e. The number of nitrogens with zero attached hydrogens (tertiary/aromatic N) is 1. The van der Waals surface area contributed by atoms with Crippen molar-refractivity contribution in [3.8, 4) is 5.75 Å². The molecule has 0 saturated carbocycles. The Hall–Kier alpha value is -2.36. The van der Waals surface area contributed by atoms with Gasteiger partial charge < -0.3 is 19.1 Å². The molecule has 0 spiro atoms. The van der Waals surface area contributed by atoms with Crippen LogP contribution in [0.1, 0.15) is 31.9 Å². The number of para-hydroxylation sites is 1. The van der Waals surface area contributed by atoms with E-state index in [1.165, 1.54) is 16.8 Å². The number of aromatic nitrogens is 1. The van der Waals surface area contributed by atoms with E-state index in [4.69, 9.17) is 9.47 Å². The van der Waals surface area contributed by atoms with Crippen molar-refractivity contribution in [2.24, 2.45) is 5.41 Å². The van der Waals surface area contributed by atoms with Gasteiger partial charge in [-0.2, -0.15) is 13.2 Å². The van der Waals surface area contributed by atoms with Crippen molar-refractivity contribution in [2.75, 3.05) is 6.79 Å². The molecule has 33 heavy (non-hydrogen) atoms. The van der Waals surface area contributed by atoms with Crippen molar-refractivity contribution in [3.63, 3.8) is 0 Å². The zero-order valence-corrected chi connectivity index (χ0v) is 19.6. The van der Waals surface area contributed by atoms with Gasteiger partial charge in [-0.15, -0.1) is 0 Å². The molecule has 4 rings (SSSR count). The summed E-state index contributed by atoms with van der Waals surface area (Å²) in [5, 5.41) is 11.4. The summed E-state index contributed by atoms with van der Waals surface area (Å²) in [6, 6.07) is 12.9. The van der Waals surface area contributed by atoms with Crippen LogP contribution in [0.5, 0.6) is 5.75 Å². The minimum absolute atomic E-state index is 0.0997. The molecule has 1 aliphatic heterocycles. The first-order valence-electron chi connectivity index (χ1n) is 10.3. The lowest BCUT2D eigenvalue weighted by Gasteiger charge is -2.43. The summed E-state index contributed by atoms with van der Waals surface area (Å²) < 4.78 is 56.2. The standard InChI is InChI=1S/C24H23BrF3NO4/c1-22(2,21-17-11-15(25)7-8-20(17)32-14-33-21)12-23(31,24(26,27)28)13-29-10-9-19(30)16-5-3-4-6-18(16)29/h3-11,21,31H,12-14H2,1-2H3. The molecule has 2 heterocycles. The Balaban J connectivity index is 1.73. The number of benzene rings is 2. The van der Waals surface area contributed by atoms with Crippen LogP contribution in [0, 0.1) is 5.41 Å². The predicted octanol–water partition coefficient (Wildman–Crippen LogP) is 5.58. The Kier molecular flexibility index (Phi) is 6.09. The number of alkyl halides is 3. The molecule has 2 atom stereocenters. The fourth-order valence-corrected chi connectivity index (χ4v) is 4.91. The first-order valence-corrected chi connectivity index (χ1v) is 11.1. The highest BCUT2D eigenvalue weighted by molar-refractivity contribution is 9.10. The normalized spacial score (nSPS) is 18.5. The summed E-state index contributed by atoms with van der Waals surface area (Å²) in [5.41, 5.74) is -3.57. The first kappa shape index (κ1) is 23.8. The Morgan fingerprint density at radius 3 is 2.61 bits per heavy atom. The molecule has 2 aromatic carbocycles. The Morgan fingerprint density at radius 2 is 1.88 bits per heavy atom. The summed E-state index contributed by atoms with van der Waals surface area (Å²) in [7, 11) is 0. The molecule has 2 unspecified atom stereocenters. The summed E-state index contributed by atoms with van der Waals surface area (Å²) in [4.78, 5) is 12.1. The van der Waals surface area contributed by atoms with Gasteiger partial charge in [0.2, 0.25) is 0 Å². The van der Waals surface area contributed by atoms with Crippen LogP contribution < -0.4 is 10.2 Å². The van der Waals surface area contributed by atoms with E-state index in [0.29, 0.717) is 16.8 Å². The second kappa shape index (κ2) is 8.45. The molecule has 0 fully saturated rings. The van der Waals surface area contributed by atoms with E-state index in [-0.39, 0.29) is 17.6 Å². The van der Waals surface area contributed by atoms with Crippen LogP contribution in [0.3, 0.4) is 0 Å². The minimum Gasteiger partial charge on any atom is -0.467 e. The zero-order valence-electron chi connectivity index (χ0n) is 18.0. The summed E-state index contributed by atoms with van der Waals surface area (Å²) >= 11 is 3.38. The van der Waals surface area contributed by atoms with Gasteiger partial charge >= 0.3 is 6.18 Å². The van der Waals surface area contributed by atoms with Gasteiger partial charge in [-0.05, 0) is 42.2 Å².